The molecule has 3 rings (SSSR count). The van der Waals surface area contributed by atoms with Crippen LogP contribution in [0.15, 0.2) is 36.4 Å². The van der Waals surface area contributed by atoms with Gasteiger partial charge in [-0.2, -0.15) is 0 Å². The van der Waals surface area contributed by atoms with Crippen molar-refractivity contribution in [1.29, 1.82) is 0 Å². The lowest BCUT2D eigenvalue weighted by Gasteiger charge is -2.29. The van der Waals surface area contributed by atoms with E-state index in [4.69, 9.17) is 46.4 Å². The van der Waals surface area contributed by atoms with Gasteiger partial charge < -0.3 is 0 Å². The summed E-state index contributed by atoms with van der Waals surface area (Å²) in [5.74, 6) is 0. The standard InChI is InChI=1S/C17H16Cl4N2/c1-22-9-23(2)17(15-12(20)7-4-8-13(15)21)16(22)14-10(18)5-3-6-11(14)19/h3-8,16-17H,9H2,1-2H3. The van der Waals surface area contributed by atoms with Gasteiger partial charge in [0.1, 0.15) is 0 Å². The Morgan fingerprint density at radius 3 is 1.30 bits per heavy atom. The molecule has 0 bridgehead atoms. The third-order valence-electron chi connectivity index (χ3n) is 4.29. The number of hydrogen-bond acceptors (Lipinski definition) is 2. The lowest BCUT2D eigenvalue weighted by Crippen LogP contribution is -2.22. The molecule has 1 saturated heterocycles. The molecule has 1 aliphatic heterocycles. The Bertz CT molecular complexity index is 633. The van der Waals surface area contributed by atoms with Gasteiger partial charge in [-0.05, 0) is 38.4 Å². The van der Waals surface area contributed by atoms with Crippen LogP contribution in [0.2, 0.25) is 20.1 Å². The summed E-state index contributed by atoms with van der Waals surface area (Å²) < 4.78 is 0. The summed E-state index contributed by atoms with van der Waals surface area (Å²) in [4.78, 5) is 4.41. The van der Waals surface area contributed by atoms with Crippen LogP contribution in [0.25, 0.3) is 0 Å². The van der Waals surface area contributed by atoms with Crippen molar-refractivity contribution in [3.8, 4) is 0 Å². The zero-order valence-electron chi connectivity index (χ0n) is 12.7. The van der Waals surface area contributed by atoms with E-state index < -0.39 is 0 Å². The molecule has 6 heteroatoms. The van der Waals surface area contributed by atoms with Gasteiger partial charge in [0.15, 0.2) is 0 Å². The topological polar surface area (TPSA) is 6.48 Å². The zero-order valence-corrected chi connectivity index (χ0v) is 15.8. The molecule has 2 atom stereocenters. The average molecular weight is 390 g/mol. The summed E-state index contributed by atoms with van der Waals surface area (Å²) in [6, 6.07) is 11.1. The predicted molar refractivity (Wildman–Crippen MR) is 98.8 cm³/mol. The summed E-state index contributed by atoms with van der Waals surface area (Å²) in [6.45, 7) is 0.762. The Labute approximate surface area is 156 Å². The predicted octanol–water partition coefficient (Wildman–Crippen LogP) is 5.92. The molecule has 2 aromatic carbocycles. The highest BCUT2D eigenvalue weighted by Crippen LogP contribution is 2.49. The normalized spacial score (nSPS) is 22.7. The minimum atomic E-state index is -0.0291. The lowest BCUT2D eigenvalue weighted by atomic mass is 9.93. The molecule has 0 spiro atoms. The molecule has 23 heavy (non-hydrogen) atoms. The highest BCUT2D eigenvalue weighted by molar-refractivity contribution is 6.37. The first-order valence-electron chi connectivity index (χ1n) is 7.20. The van der Waals surface area contributed by atoms with E-state index in [1.165, 1.54) is 0 Å². The van der Waals surface area contributed by atoms with Gasteiger partial charge in [0.25, 0.3) is 0 Å². The monoisotopic (exact) mass is 388 g/mol. The molecule has 0 radical (unpaired) electrons. The Hall–Kier alpha value is -0.480. The number of halogens is 4. The average Bonchev–Trinajstić information content (AvgIpc) is 2.74. The van der Waals surface area contributed by atoms with Crippen LogP contribution in [-0.2, 0) is 0 Å². The maximum absolute atomic E-state index is 6.46. The molecule has 0 N–H and O–H groups in total. The summed E-state index contributed by atoms with van der Waals surface area (Å²) in [7, 11) is 4.09. The largest absolute Gasteiger partial charge is 0.284 e. The Morgan fingerprint density at radius 1 is 0.696 bits per heavy atom. The molecular formula is C17H16Cl4N2. The van der Waals surface area contributed by atoms with Gasteiger partial charge >= 0.3 is 0 Å². The SMILES string of the molecule is CN1CN(C)C(c2c(Cl)cccc2Cl)C1c1c(Cl)cccc1Cl. The minimum absolute atomic E-state index is 0.0291. The van der Waals surface area contributed by atoms with Crippen LogP contribution in [0, 0.1) is 0 Å². The van der Waals surface area contributed by atoms with Crippen molar-refractivity contribution >= 4 is 46.4 Å². The quantitative estimate of drug-likeness (QED) is 0.629. The van der Waals surface area contributed by atoms with Gasteiger partial charge in [0, 0.05) is 31.2 Å². The fourth-order valence-electron chi connectivity index (χ4n) is 3.35. The van der Waals surface area contributed by atoms with E-state index in [1.807, 2.05) is 50.5 Å². The fourth-order valence-corrected chi connectivity index (χ4v) is 4.59. The molecular weight excluding hydrogens is 374 g/mol. The number of benzene rings is 2. The summed E-state index contributed by atoms with van der Waals surface area (Å²) in [5.41, 5.74) is 1.81. The van der Waals surface area contributed by atoms with E-state index in [9.17, 15) is 0 Å². The van der Waals surface area contributed by atoms with Crippen molar-refractivity contribution in [3.05, 3.63) is 67.6 Å². The summed E-state index contributed by atoms with van der Waals surface area (Å²) in [5, 5.41) is 2.60. The van der Waals surface area contributed by atoms with E-state index in [0.717, 1.165) is 17.8 Å². The van der Waals surface area contributed by atoms with Crippen molar-refractivity contribution in [2.75, 3.05) is 20.8 Å². The smallest absolute Gasteiger partial charge is 0.0585 e. The molecule has 2 unspecified atom stereocenters. The van der Waals surface area contributed by atoms with Crippen LogP contribution in [0.1, 0.15) is 23.2 Å². The van der Waals surface area contributed by atoms with Gasteiger partial charge in [-0.15, -0.1) is 0 Å². The maximum atomic E-state index is 6.46. The number of nitrogens with zero attached hydrogens (tertiary/aromatic N) is 2. The molecule has 0 amide bonds. The molecule has 0 aliphatic carbocycles. The molecule has 0 saturated carbocycles. The summed E-state index contributed by atoms with van der Waals surface area (Å²) >= 11 is 25.8. The highest BCUT2D eigenvalue weighted by Gasteiger charge is 2.41. The minimum Gasteiger partial charge on any atom is -0.284 e. The molecule has 122 valence electrons. The first-order valence-corrected chi connectivity index (χ1v) is 8.71. The van der Waals surface area contributed by atoms with Crippen LogP contribution < -0.4 is 0 Å². The van der Waals surface area contributed by atoms with Crippen molar-refractivity contribution in [1.82, 2.24) is 9.80 Å². The molecule has 2 aromatic rings. The van der Waals surface area contributed by atoms with Gasteiger partial charge in [-0.25, -0.2) is 0 Å². The van der Waals surface area contributed by atoms with Gasteiger partial charge in [0.2, 0.25) is 0 Å². The van der Waals surface area contributed by atoms with Crippen molar-refractivity contribution in [3.63, 3.8) is 0 Å². The first-order chi connectivity index (χ1) is 10.9. The fraction of sp³-hybridized carbons (Fsp3) is 0.294. The molecule has 1 fully saturated rings. The number of hydrogen-bond donors (Lipinski definition) is 0. The molecule has 1 aliphatic rings. The highest BCUT2D eigenvalue weighted by atomic mass is 35.5. The third-order valence-corrected chi connectivity index (χ3v) is 5.60. The second kappa shape index (κ2) is 6.79. The Kier molecular flexibility index (Phi) is 5.12. The van der Waals surface area contributed by atoms with E-state index >= 15 is 0 Å². The van der Waals surface area contributed by atoms with E-state index in [0.29, 0.717) is 20.1 Å². The van der Waals surface area contributed by atoms with Crippen LogP contribution in [0.5, 0.6) is 0 Å². The third kappa shape index (κ3) is 3.09. The number of likely N-dealkylation sites (N-methyl/N-ethyl adjacent to an activating group) is 2. The lowest BCUT2D eigenvalue weighted by molar-refractivity contribution is 0.284. The van der Waals surface area contributed by atoms with Crippen molar-refractivity contribution in [2.24, 2.45) is 0 Å². The maximum Gasteiger partial charge on any atom is 0.0585 e. The van der Waals surface area contributed by atoms with Crippen LogP contribution in [0.3, 0.4) is 0 Å². The van der Waals surface area contributed by atoms with Gasteiger partial charge in [-0.1, -0.05) is 58.5 Å². The van der Waals surface area contributed by atoms with E-state index in [-0.39, 0.29) is 12.1 Å². The Morgan fingerprint density at radius 2 is 1.00 bits per heavy atom. The van der Waals surface area contributed by atoms with E-state index in [2.05, 4.69) is 9.80 Å². The molecule has 0 aromatic heterocycles. The number of rotatable bonds is 2. The van der Waals surface area contributed by atoms with Gasteiger partial charge in [0.05, 0.1) is 18.8 Å². The molecule has 1 heterocycles. The first kappa shape index (κ1) is 17.3. The second-order valence-corrected chi connectivity index (χ2v) is 7.44. The molecule has 2 nitrogen and oxygen atoms in total. The zero-order chi connectivity index (χ0) is 16.7. The van der Waals surface area contributed by atoms with Crippen molar-refractivity contribution in [2.45, 2.75) is 12.1 Å². The van der Waals surface area contributed by atoms with Crippen molar-refractivity contribution < 1.29 is 0 Å². The van der Waals surface area contributed by atoms with Gasteiger partial charge in [-0.3, -0.25) is 9.80 Å². The van der Waals surface area contributed by atoms with E-state index in [1.54, 1.807) is 0 Å². The van der Waals surface area contributed by atoms with Crippen LogP contribution in [-0.4, -0.2) is 30.6 Å². The second-order valence-electron chi connectivity index (χ2n) is 5.82. The van der Waals surface area contributed by atoms with Crippen LogP contribution in [0.4, 0.5) is 0 Å². The van der Waals surface area contributed by atoms with Crippen LogP contribution >= 0.6 is 46.4 Å². The summed E-state index contributed by atoms with van der Waals surface area (Å²) in [6.07, 6.45) is 0. The Balaban J connectivity index is 2.18.